The second-order valence-electron chi connectivity index (χ2n) is 5.08. The lowest BCUT2D eigenvalue weighted by atomic mass is 10.1. The number of ketones is 1. The van der Waals surface area contributed by atoms with Crippen molar-refractivity contribution < 1.29 is 4.79 Å². The van der Waals surface area contributed by atoms with Gasteiger partial charge in [-0.2, -0.15) is 0 Å². The molecule has 106 valence electrons. The van der Waals surface area contributed by atoms with Crippen LogP contribution in [0.4, 0.5) is 0 Å². The largest absolute Gasteiger partial charge is 0.293 e. The maximum Gasteiger partial charge on any atom is 0.181 e. The highest BCUT2D eigenvalue weighted by molar-refractivity contribution is 5.91. The van der Waals surface area contributed by atoms with E-state index in [0.717, 1.165) is 12.1 Å². The lowest BCUT2D eigenvalue weighted by Crippen LogP contribution is -1.95. The van der Waals surface area contributed by atoms with E-state index in [1.165, 1.54) is 38.2 Å². The van der Waals surface area contributed by atoms with Crippen molar-refractivity contribution in [2.45, 2.75) is 46.0 Å². The molecule has 1 aromatic heterocycles. The van der Waals surface area contributed by atoms with Crippen molar-refractivity contribution in [2.24, 2.45) is 0 Å². The Kier molecular flexibility index (Phi) is 5.04. The highest BCUT2D eigenvalue weighted by atomic mass is 16.1. The van der Waals surface area contributed by atoms with Gasteiger partial charge in [0.05, 0.1) is 11.9 Å². The van der Waals surface area contributed by atoms with Gasteiger partial charge in [0, 0.05) is 6.92 Å². The molecule has 1 aromatic carbocycles. The van der Waals surface area contributed by atoms with Gasteiger partial charge in [-0.05, 0) is 30.5 Å². The average molecular weight is 271 g/mol. The van der Waals surface area contributed by atoms with Crippen LogP contribution in [0.25, 0.3) is 5.69 Å². The molecule has 0 unspecified atom stereocenters. The number of aromatic nitrogens is 3. The van der Waals surface area contributed by atoms with Crippen molar-refractivity contribution >= 4 is 5.78 Å². The summed E-state index contributed by atoms with van der Waals surface area (Å²) < 4.78 is 1.64. The number of benzene rings is 1. The van der Waals surface area contributed by atoms with E-state index in [4.69, 9.17) is 0 Å². The van der Waals surface area contributed by atoms with Crippen LogP contribution in [-0.2, 0) is 6.42 Å². The first kappa shape index (κ1) is 14.4. The van der Waals surface area contributed by atoms with Gasteiger partial charge in [0.1, 0.15) is 5.69 Å². The number of unbranched alkanes of at least 4 members (excludes halogenated alkanes) is 3. The van der Waals surface area contributed by atoms with Crippen LogP contribution in [0.5, 0.6) is 0 Å². The molecule has 1 heterocycles. The number of hydrogen-bond donors (Lipinski definition) is 0. The molecule has 0 aliphatic heterocycles. The molecule has 0 radical (unpaired) electrons. The van der Waals surface area contributed by atoms with Crippen LogP contribution in [0, 0.1) is 0 Å². The Labute approximate surface area is 119 Å². The monoisotopic (exact) mass is 271 g/mol. The van der Waals surface area contributed by atoms with Gasteiger partial charge in [0.25, 0.3) is 0 Å². The third-order valence-electron chi connectivity index (χ3n) is 3.37. The van der Waals surface area contributed by atoms with E-state index in [-0.39, 0.29) is 5.78 Å². The molecular formula is C16H21N3O. The SMILES string of the molecule is CCCCCCc1ccc(-n2cc(C(C)=O)nn2)cc1. The van der Waals surface area contributed by atoms with Crippen molar-refractivity contribution in [3.63, 3.8) is 0 Å². The van der Waals surface area contributed by atoms with Gasteiger partial charge in [-0.15, -0.1) is 5.10 Å². The van der Waals surface area contributed by atoms with Gasteiger partial charge in [0.2, 0.25) is 0 Å². The zero-order chi connectivity index (χ0) is 14.4. The van der Waals surface area contributed by atoms with Gasteiger partial charge >= 0.3 is 0 Å². The topological polar surface area (TPSA) is 47.8 Å². The minimum atomic E-state index is -0.0659. The summed E-state index contributed by atoms with van der Waals surface area (Å²) in [6, 6.07) is 8.29. The van der Waals surface area contributed by atoms with E-state index in [0.29, 0.717) is 5.69 Å². The van der Waals surface area contributed by atoms with Gasteiger partial charge < -0.3 is 0 Å². The van der Waals surface area contributed by atoms with E-state index in [2.05, 4.69) is 29.4 Å². The van der Waals surface area contributed by atoms with Crippen molar-refractivity contribution in [3.05, 3.63) is 41.7 Å². The fourth-order valence-electron chi connectivity index (χ4n) is 2.12. The summed E-state index contributed by atoms with van der Waals surface area (Å²) in [4.78, 5) is 11.2. The molecule has 0 spiro atoms. The zero-order valence-corrected chi connectivity index (χ0v) is 12.2. The molecule has 0 saturated heterocycles. The van der Waals surface area contributed by atoms with E-state index in [1.807, 2.05) is 12.1 Å². The predicted octanol–water partition coefficient (Wildman–Crippen LogP) is 3.59. The molecule has 0 aliphatic carbocycles. The molecule has 20 heavy (non-hydrogen) atoms. The number of carbonyl (C=O) groups excluding carboxylic acids is 1. The minimum Gasteiger partial charge on any atom is -0.293 e. The number of Topliss-reactive ketones (excluding diaryl/α,β-unsaturated/α-hetero) is 1. The fraction of sp³-hybridized carbons (Fsp3) is 0.438. The number of rotatable bonds is 7. The molecule has 2 aromatic rings. The van der Waals surface area contributed by atoms with Crippen LogP contribution in [0.15, 0.2) is 30.5 Å². The Morgan fingerprint density at radius 3 is 2.50 bits per heavy atom. The Hall–Kier alpha value is -1.97. The number of carbonyl (C=O) groups is 1. The quantitative estimate of drug-likeness (QED) is 0.571. The summed E-state index contributed by atoms with van der Waals surface area (Å²) in [7, 11) is 0. The minimum absolute atomic E-state index is 0.0659. The van der Waals surface area contributed by atoms with Crippen LogP contribution < -0.4 is 0 Å². The summed E-state index contributed by atoms with van der Waals surface area (Å²) in [6.07, 6.45) is 7.90. The zero-order valence-electron chi connectivity index (χ0n) is 12.2. The second kappa shape index (κ2) is 6.98. The van der Waals surface area contributed by atoms with E-state index < -0.39 is 0 Å². The molecule has 0 saturated carbocycles. The smallest absolute Gasteiger partial charge is 0.181 e. The maximum atomic E-state index is 11.2. The van der Waals surface area contributed by atoms with Crippen LogP contribution in [0.2, 0.25) is 0 Å². The first-order chi connectivity index (χ1) is 9.70. The van der Waals surface area contributed by atoms with Gasteiger partial charge in [-0.3, -0.25) is 4.79 Å². The maximum absolute atomic E-state index is 11.2. The molecule has 2 rings (SSSR count). The lowest BCUT2D eigenvalue weighted by Gasteiger charge is -2.03. The molecule has 0 bridgehead atoms. The molecule has 0 N–H and O–H groups in total. The van der Waals surface area contributed by atoms with Crippen molar-refractivity contribution in [2.75, 3.05) is 0 Å². The van der Waals surface area contributed by atoms with Crippen molar-refractivity contribution in [1.82, 2.24) is 15.0 Å². The summed E-state index contributed by atoms with van der Waals surface area (Å²) in [5, 5.41) is 7.82. The summed E-state index contributed by atoms with van der Waals surface area (Å²) in [5.41, 5.74) is 2.67. The molecule has 4 heteroatoms. The van der Waals surface area contributed by atoms with Crippen molar-refractivity contribution in [1.29, 1.82) is 0 Å². The van der Waals surface area contributed by atoms with Gasteiger partial charge in [-0.1, -0.05) is 43.5 Å². The third kappa shape index (κ3) is 3.76. The predicted molar refractivity (Wildman–Crippen MR) is 79.2 cm³/mol. The third-order valence-corrected chi connectivity index (χ3v) is 3.37. The Morgan fingerprint density at radius 2 is 1.90 bits per heavy atom. The van der Waals surface area contributed by atoms with Crippen LogP contribution >= 0.6 is 0 Å². The highest BCUT2D eigenvalue weighted by Gasteiger charge is 2.06. The van der Waals surface area contributed by atoms with E-state index >= 15 is 0 Å². The first-order valence-electron chi connectivity index (χ1n) is 7.23. The lowest BCUT2D eigenvalue weighted by molar-refractivity contribution is 0.101. The van der Waals surface area contributed by atoms with E-state index in [9.17, 15) is 4.79 Å². The van der Waals surface area contributed by atoms with Gasteiger partial charge in [-0.25, -0.2) is 4.68 Å². The normalized spacial score (nSPS) is 10.7. The molecule has 0 atom stereocenters. The molecule has 0 aliphatic rings. The second-order valence-corrected chi connectivity index (χ2v) is 5.08. The average Bonchev–Trinajstić information content (AvgIpc) is 2.94. The Balaban J connectivity index is 1.98. The fourth-order valence-corrected chi connectivity index (χ4v) is 2.12. The van der Waals surface area contributed by atoms with Crippen LogP contribution in [0.1, 0.15) is 55.6 Å². The molecule has 4 nitrogen and oxygen atoms in total. The summed E-state index contributed by atoms with van der Waals surface area (Å²) >= 11 is 0. The number of hydrogen-bond acceptors (Lipinski definition) is 3. The van der Waals surface area contributed by atoms with Gasteiger partial charge in [0.15, 0.2) is 5.78 Å². The van der Waals surface area contributed by atoms with E-state index in [1.54, 1.807) is 10.9 Å². The number of nitrogens with zero attached hydrogens (tertiary/aromatic N) is 3. The molecule has 0 amide bonds. The number of aryl methyl sites for hydroxylation is 1. The van der Waals surface area contributed by atoms with Crippen LogP contribution in [-0.4, -0.2) is 20.8 Å². The first-order valence-corrected chi connectivity index (χ1v) is 7.23. The summed E-state index contributed by atoms with van der Waals surface area (Å²) in [6.45, 7) is 3.72. The highest BCUT2D eigenvalue weighted by Crippen LogP contribution is 2.12. The van der Waals surface area contributed by atoms with Crippen molar-refractivity contribution in [3.8, 4) is 5.69 Å². The Bertz CT molecular complexity index is 557. The standard InChI is InChI=1S/C16H21N3O/c1-3-4-5-6-7-14-8-10-15(11-9-14)19-12-16(13(2)20)17-18-19/h8-12H,3-7H2,1-2H3. The molecular weight excluding hydrogens is 250 g/mol. The summed E-state index contributed by atoms with van der Waals surface area (Å²) in [5.74, 6) is -0.0659. The van der Waals surface area contributed by atoms with Crippen LogP contribution in [0.3, 0.4) is 0 Å². The Morgan fingerprint density at radius 1 is 1.15 bits per heavy atom. The molecule has 0 fully saturated rings.